The molecule has 2 rings (SSSR count). The van der Waals surface area contributed by atoms with Crippen molar-refractivity contribution in [3.63, 3.8) is 0 Å². The number of nitrogens with one attached hydrogen (secondary N) is 1. The van der Waals surface area contributed by atoms with Gasteiger partial charge in [-0.25, -0.2) is 0 Å². The molecule has 1 N–H and O–H groups in total. The van der Waals surface area contributed by atoms with Gasteiger partial charge in [-0.2, -0.15) is 0 Å². The lowest BCUT2D eigenvalue weighted by Crippen LogP contribution is -2.37. The smallest absolute Gasteiger partial charge is 0.0296 e. The molecule has 1 heteroatoms. The van der Waals surface area contributed by atoms with Crippen LogP contribution in [0.3, 0.4) is 0 Å². The van der Waals surface area contributed by atoms with Gasteiger partial charge in [0.15, 0.2) is 0 Å². The highest BCUT2D eigenvalue weighted by atomic mass is 15.0. The van der Waals surface area contributed by atoms with E-state index in [1.807, 2.05) is 0 Å². The van der Waals surface area contributed by atoms with Gasteiger partial charge in [0, 0.05) is 11.6 Å². The molecule has 0 saturated carbocycles. The molecule has 0 aliphatic rings. The highest BCUT2D eigenvalue weighted by Gasteiger charge is 2.14. The topological polar surface area (TPSA) is 12.0 Å². The first-order valence-corrected chi connectivity index (χ1v) is 6.22. The molecule has 0 amide bonds. The molecule has 2 aromatic rings. The van der Waals surface area contributed by atoms with Gasteiger partial charge < -0.3 is 5.32 Å². The molecule has 0 spiro atoms. The van der Waals surface area contributed by atoms with Crippen LogP contribution in [0.25, 0.3) is 10.8 Å². The third-order valence-electron chi connectivity index (χ3n) is 2.92. The molecule has 17 heavy (non-hydrogen) atoms. The van der Waals surface area contributed by atoms with Gasteiger partial charge in [-0.1, -0.05) is 36.4 Å². The molecule has 0 bridgehead atoms. The van der Waals surface area contributed by atoms with Gasteiger partial charge >= 0.3 is 0 Å². The minimum atomic E-state index is 0.144. The highest BCUT2D eigenvalue weighted by Crippen LogP contribution is 2.21. The number of hydrogen-bond acceptors (Lipinski definition) is 1. The Morgan fingerprint density at radius 1 is 0.941 bits per heavy atom. The van der Waals surface area contributed by atoms with Crippen LogP contribution in [0.5, 0.6) is 0 Å². The zero-order valence-corrected chi connectivity index (χ0v) is 11.1. The van der Waals surface area contributed by atoms with Gasteiger partial charge in [-0.05, 0) is 50.1 Å². The number of fused-ring (bicyclic) bond motifs is 1. The summed E-state index contributed by atoms with van der Waals surface area (Å²) in [5.41, 5.74) is 1.49. The Kier molecular flexibility index (Phi) is 3.21. The fourth-order valence-electron chi connectivity index (χ4n) is 2.21. The maximum atomic E-state index is 3.60. The van der Waals surface area contributed by atoms with E-state index in [1.54, 1.807) is 0 Å². The average Bonchev–Trinajstić information content (AvgIpc) is 2.26. The van der Waals surface area contributed by atoms with E-state index in [9.17, 15) is 0 Å². The van der Waals surface area contributed by atoms with Crippen LogP contribution in [0.2, 0.25) is 0 Å². The first kappa shape index (κ1) is 12.1. The second-order valence-corrected chi connectivity index (χ2v) is 5.72. The van der Waals surface area contributed by atoms with E-state index in [0.717, 1.165) is 0 Å². The maximum Gasteiger partial charge on any atom is 0.0296 e. The summed E-state index contributed by atoms with van der Waals surface area (Å²) in [5, 5.41) is 6.22. The predicted molar refractivity (Wildman–Crippen MR) is 75.3 cm³/mol. The summed E-state index contributed by atoms with van der Waals surface area (Å²) in [4.78, 5) is 0. The standard InChI is InChI=1S/C16H21N/c1-12(17-16(2,3)4)14-10-9-13-7-5-6-8-15(13)11-14/h5-12,17H,1-4H3/t12-/m0/s1. The monoisotopic (exact) mass is 227 g/mol. The summed E-state index contributed by atoms with van der Waals surface area (Å²) < 4.78 is 0. The van der Waals surface area contributed by atoms with E-state index in [4.69, 9.17) is 0 Å². The van der Waals surface area contributed by atoms with Gasteiger partial charge in [0.1, 0.15) is 0 Å². The summed E-state index contributed by atoms with van der Waals surface area (Å²) in [6.45, 7) is 8.81. The molecular formula is C16H21N. The Bertz CT molecular complexity index is 508. The van der Waals surface area contributed by atoms with E-state index in [-0.39, 0.29) is 5.54 Å². The zero-order chi connectivity index (χ0) is 12.5. The summed E-state index contributed by atoms with van der Waals surface area (Å²) in [6, 6.07) is 15.6. The molecule has 0 unspecified atom stereocenters. The average molecular weight is 227 g/mol. The zero-order valence-electron chi connectivity index (χ0n) is 11.1. The molecular weight excluding hydrogens is 206 g/mol. The molecule has 0 heterocycles. The van der Waals surface area contributed by atoms with Gasteiger partial charge in [0.25, 0.3) is 0 Å². The van der Waals surface area contributed by atoms with E-state index >= 15 is 0 Å². The molecule has 0 radical (unpaired) electrons. The van der Waals surface area contributed by atoms with Gasteiger partial charge in [-0.3, -0.25) is 0 Å². The number of hydrogen-bond donors (Lipinski definition) is 1. The molecule has 0 aromatic heterocycles. The number of rotatable bonds is 2. The second kappa shape index (κ2) is 4.50. The summed E-state index contributed by atoms with van der Waals surface area (Å²) in [7, 11) is 0. The maximum absolute atomic E-state index is 3.60. The normalized spacial score (nSPS) is 13.9. The van der Waals surface area contributed by atoms with E-state index in [1.165, 1.54) is 16.3 Å². The van der Waals surface area contributed by atoms with Crippen molar-refractivity contribution in [2.45, 2.75) is 39.3 Å². The van der Waals surface area contributed by atoms with Crippen molar-refractivity contribution in [2.24, 2.45) is 0 Å². The van der Waals surface area contributed by atoms with Crippen molar-refractivity contribution in [1.29, 1.82) is 0 Å². The van der Waals surface area contributed by atoms with Gasteiger partial charge in [0.2, 0.25) is 0 Å². The quantitative estimate of drug-likeness (QED) is 0.807. The molecule has 1 nitrogen and oxygen atoms in total. The van der Waals surface area contributed by atoms with Crippen molar-refractivity contribution in [3.05, 3.63) is 48.0 Å². The molecule has 0 aliphatic carbocycles. The fraction of sp³-hybridized carbons (Fsp3) is 0.375. The van der Waals surface area contributed by atoms with E-state index < -0.39 is 0 Å². The van der Waals surface area contributed by atoms with Gasteiger partial charge in [-0.15, -0.1) is 0 Å². The molecule has 0 aliphatic heterocycles. The minimum absolute atomic E-state index is 0.144. The molecule has 90 valence electrons. The Morgan fingerprint density at radius 2 is 1.59 bits per heavy atom. The lowest BCUT2D eigenvalue weighted by Gasteiger charge is -2.26. The van der Waals surface area contributed by atoms with Crippen molar-refractivity contribution in [1.82, 2.24) is 5.32 Å². The van der Waals surface area contributed by atoms with Crippen LogP contribution in [0.15, 0.2) is 42.5 Å². The summed E-state index contributed by atoms with van der Waals surface area (Å²) >= 11 is 0. The first-order valence-electron chi connectivity index (χ1n) is 6.22. The minimum Gasteiger partial charge on any atom is -0.306 e. The van der Waals surface area contributed by atoms with E-state index in [2.05, 4.69) is 75.5 Å². The van der Waals surface area contributed by atoms with Crippen LogP contribution < -0.4 is 5.32 Å². The van der Waals surface area contributed by atoms with Crippen LogP contribution >= 0.6 is 0 Å². The molecule has 1 atom stereocenters. The summed E-state index contributed by atoms with van der Waals surface area (Å²) in [6.07, 6.45) is 0. The largest absolute Gasteiger partial charge is 0.306 e. The predicted octanol–water partition coefficient (Wildman–Crippen LogP) is 4.29. The third-order valence-corrected chi connectivity index (χ3v) is 2.92. The van der Waals surface area contributed by atoms with Crippen molar-refractivity contribution in [2.75, 3.05) is 0 Å². The Morgan fingerprint density at radius 3 is 2.24 bits per heavy atom. The lowest BCUT2D eigenvalue weighted by molar-refractivity contribution is 0.378. The first-order chi connectivity index (χ1) is 7.96. The third kappa shape index (κ3) is 3.07. The SMILES string of the molecule is C[C@H](NC(C)(C)C)c1ccc2ccccc2c1. The number of benzene rings is 2. The molecule has 0 saturated heterocycles. The lowest BCUT2D eigenvalue weighted by atomic mass is 10.00. The van der Waals surface area contributed by atoms with Crippen LogP contribution in [0.1, 0.15) is 39.3 Å². The van der Waals surface area contributed by atoms with Crippen molar-refractivity contribution in [3.8, 4) is 0 Å². The van der Waals surface area contributed by atoms with Gasteiger partial charge in [0.05, 0.1) is 0 Å². The second-order valence-electron chi connectivity index (χ2n) is 5.72. The van der Waals surface area contributed by atoms with E-state index in [0.29, 0.717) is 6.04 Å². The van der Waals surface area contributed by atoms with Crippen LogP contribution in [0.4, 0.5) is 0 Å². The van der Waals surface area contributed by atoms with Crippen LogP contribution in [-0.2, 0) is 0 Å². The Balaban J connectivity index is 2.30. The molecule has 0 fully saturated rings. The fourth-order valence-corrected chi connectivity index (χ4v) is 2.21. The van der Waals surface area contributed by atoms with Crippen molar-refractivity contribution >= 4 is 10.8 Å². The summed E-state index contributed by atoms with van der Waals surface area (Å²) in [5.74, 6) is 0. The Labute approximate surface area is 104 Å². The van der Waals surface area contributed by atoms with Crippen molar-refractivity contribution < 1.29 is 0 Å². The van der Waals surface area contributed by atoms with Crippen LogP contribution in [0, 0.1) is 0 Å². The van der Waals surface area contributed by atoms with Crippen LogP contribution in [-0.4, -0.2) is 5.54 Å². The molecule has 2 aromatic carbocycles. The Hall–Kier alpha value is -1.34. The highest BCUT2D eigenvalue weighted by molar-refractivity contribution is 5.83.